The highest BCUT2D eigenvalue weighted by Crippen LogP contribution is 2.38. The Kier molecular flexibility index (Phi) is 4.83. The van der Waals surface area contributed by atoms with Gasteiger partial charge in [-0.1, -0.05) is 5.16 Å². The lowest BCUT2D eigenvalue weighted by Crippen LogP contribution is -2.48. The molecular formula is C19H18N4O4S2. The van der Waals surface area contributed by atoms with Crippen LogP contribution in [0.3, 0.4) is 0 Å². The first-order valence-electron chi connectivity index (χ1n) is 8.72. The molecule has 29 heavy (non-hydrogen) atoms. The van der Waals surface area contributed by atoms with Crippen molar-refractivity contribution in [3.8, 4) is 0 Å². The molecule has 10 heteroatoms. The molecule has 4 rings (SSSR count). The van der Waals surface area contributed by atoms with E-state index in [9.17, 15) is 13.2 Å². The number of aryl methyl sites for hydroxylation is 2. The van der Waals surface area contributed by atoms with Crippen LogP contribution in [0, 0.1) is 13.8 Å². The quantitative estimate of drug-likeness (QED) is 0.580. The highest BCUT2D eigenvalue weighted by Gasteiger charge is 2.43. The van der Waals surface area contributed by atoms with Gasteiger partial charge in [-0.3, -0.25) is 0 Å². The average Bonchev–Trinajstić information content (AvgIpc) is 3.03. The van der Waals surface area contributed by atoms with E-state index in [0.717, 1.165) is 9.20 Å². The minimum Gasteiger partial charge on any atom is -0.361 e. The Hall–Kier alpha value is -2.85. The lowest BCUT2D eigenvalue weighted by atomic mass is 10.2. The summed E-state index contributed by atoms with van der Waals surface area (Å²) in [5.41, 5.74) is 1.64. The largest absolute Gasteiger partial charge is 0.361 e. The van der Waals surface area contributed by atoms with Gasteiger partial charge in [-0.15, -0.1) is 11.8 Å². The summed E-state index contributed by atoms with van der Waals surface area (Å²) < 4.78 is 32.4. The minimum atomic E-state index is -4.09. The summed E-state index contributed by atoms with van der Waals surface area (Å²) in [5, 5.41) is 3.86. The zero-order valence-electron chi connectivity index (χ0n) is 16.0. The van der Waals surface area contributed by atoms with Gasteiger partial charge in [0.15, 0.2) is 5.82 Å². The molecule has 0 aliphatic carbocycles. The number of nitrogens with zero attached hydrogens (tertiary/aromatic N) is 4. The zero-order valence-corrected chi connectivity index (χ0v) is 17.6. The SMILES string of the molecule is CSc1ccc(N2C(=O)N(Cc3c(C)noc3C)S(=O)(=O)c3cccnc32)cc1. The van der Waals surface area contributed by atoms with Gasteiger partial charge in [0.1, 0.15) is 10.7 Å². The van der Waals surface area contributed by atoms with E-state index < -0.39 is 16.1 Å². The summed E-state index contributed by atoms with van der Waals surface area (Å²) in [5.74, 6) is 0.558. The Morgan fingerprint density at radius 2 is 1.86 bits per heavy atom. The van der Waals surface area contributed by atoms with Crippen molar-refractivity contribution < 1.29 is 17.7 Å². The number of benzene rings is 1. The van der Waals surface area contributed by atoms with Gasteiger partial charge in [-0.25, -0.2) is 27.4 Å². The number of carbonyl (C=O) groups is 1. The van der Waals surface area contributed by atoms with Crippen LogP contribution in [-0.4, -0.2) is 35.2 Å². The number of anilines is 2. The number of hydrogen-bond donors (Lipinski definition) is 0. The third-order valence-electron chi connectivity index (χ3n) is 4.75. The van der Waals surface area contributed by atoms with Crippen LogP contribution in [0.1, 0.15) is 17.0 Å². The number of thioether (sulfide) groups is 1. The third-order valence-corrected chi connectivity index (χ3v) is 7.23. The lowest BCUT2D eigenvalue weighted by molar-refractivity contribution is 0.229. The maximum absolute atomic E-state index is 13.4. The van der Waals surface area contributed by atoms with Gasteiger partial charge in [0, 0.05) is 16.7 Å². The van der Waals surface area contributed by atoms with Gasteiger partial charge in [0.2, 0.25) is 0 Å². The Labute approximate surface area is 172 Å². The predicted octanol–water partition coefficient (Wildman–Crippen LogP) is 3.87. The number of aromatic nitrogens is 2. The molecule has 3 aromatic rings. The van der Waals surface area contributed by atoms with Crippen LogP contribution >= 0.6 is 11.8 Å². The van der Waals surface area contributed by atoms with Crippen LogP contribution in [0.2, 0.25) is 0 Å². The van der Waals surface area contributed by atoms with Crippen molar-refractivity contribution in [1.82, 2.24) is 14.4 Å². The molecule has 8 nitrogen and oxygen atoms in total. The second-order valence-corrected chi connectivity index (χ2v) is 9.17. The van der Waals surface area contributed by atoms with Crippen molar-refractivity contribution in [2.24, 2.45) is 0 Å². The second-order valence-electron chi connectivity index (χ2n) is 6.46. The molecule has 0 atom stereocenters. The highest BCUT2D eigenvalue weighted by atomic mass is 32.2. The molecular weight excluding hydrogens is 412 g/mol. The van der Waals surface area contributed by atoms with Gasteiger partial charge in [0.25, 0.3) is 10.0 Å². The molecule has 1 aromatic carbocycles. The Morgan fingerprint density at radius 3 is 2.48 bits per heavy atom. The summed E-state index contributed by atoms with van der Waals surface area (Å²) in [4.78, 5) is 19.9. The number of rotatable bonds is 4. The highest BCUT2D eigenvalue weighted by molar-refractivity contribution is 7.98. The Bertz CT molecular complexity index is 1170. The van der Waals surface area contributed by atoms with Gasteiger partial charge < -0.3 is 4.52 Å². The third kappa shape index (κ3) is 3.18. The first-order chi connectivity index (χ1) is 13.8. The van der Waals surface area contributed by atoms with Gasteiger partial charge in [-0.05, 0) is 56.5 Å². The van der Waals surface area contributed by atoms with Gasteiger partial charge in [-0.2, -0.15) is 0 Å². The average molecular weight is 431 g/mol. The van der Waals surface area contributed by atoms with E-state index in [-0.39, 0.29) is 17.3 Å². The van der Waals surface area contributed by atoms with Crippen LogP contribution in [0.15, 0.2) is 56.9 Å². The van der Waals surface area contributed by atoms with E-state index in [1.807, 2.05) is 18.4 Å². The standard InChI is InChI=1S/C19H18N4O4S2/c1-12-16(13(2)27-21-12)11-22-19(24)23(14-6-8-15(28-3)9-7-14)18-17(29(22,25)26)5-4-10-20-18/h4-10H,11H2,1-3H3. The summed E-state index contributed by atoms with van der Waals surface area (Å²) in [6.07, 6.45) is 3.42. The molecule has 0 saturated carbocycles. The molecule has 0 bridgehead atoms. The molecule has 0 N–H and O–H groups in total. The van der Waals surface area contributed by atoms with Crippen LogP contribution < -0.4 is 4.90 Å². The monoisotopic (exact) mass is 430 g/mol. The first-order valence-corrected chi connectivity index (χ1v) is 11.4. The maximum Gasteiger partial charge on any atom is 0.344 e. The summed E-state index contributed by atoms with van der Waals surface area (Å²) in [6, 6.07) is 9.58. The molecule has 2 amide bonds. The van der Waals surface area contributed by atoms with Crippen molar-refractivity contribution >= 4 is 39.3 Å². The number of carbonyl (C=O) groups excluding carboxylic acids is 1. The molecule has 0 radical (unpaired) electrons. The van der Waals surface area contributed by atoms with Crippen molar-refractivity contribution in [2.75, 3.05) is 11.2 Å². The fraction of sp³-hybridized carbons (Fsp3) is 0.211. The van der Waals surface area contributed by atoms with Crippen molar-refractivity contribution in [3.05, 3.63) is 59.6 Å². The lowest BCUT2D eigenvalue weighted by Gasteiger charge is -2.35. The van der Waals surface area contributed by atoms with E-state index in [1.54, 1.807) is 37.7 Å². The molecule has 1 aliphatic heterocycles. The second kappa shape index (κ2) is 7.20. The van der Waals surface area contributed by atoms with Gasteiger partial charge in [0.05, 0.1) is 17.9 Å². The summed E-state index contributed by atoms with van der Waals surface area (Å²) >= 11 is 1.57. The van der Waals surface area contributed by atoms with Crippen LogP contribution in [0.25, 0.3) is 0 Å². The van der Waals surface area contributed by atoms with Crippen LogP contribution in [0.4, 0.5) is 16.3 Å². The summed E-state index contributed by atoms with van der Waals surface area (Å²) in [6.45, 7) is 3.22. The zero-order chi connectivity index (χ0) is 20.8. The van der Waals surface area contributed by atoms with Crippen LogP contribution in [-0.2, 0) is 16.6 Å². The van der Waals surface area contributed by atoms with Gasteiger partial charge >= 0.3 is 6.03 Å². The number of hydrogen-bond acceptors (Lipinski definition) is 7. The molecule has 3 heterocycles. The predicted molar refractivity (Wildman–Crippen MR) is 109 cm³/mol. The minimum absolute atomic E-state index is 0.0275. The van der Waals surface area contributed by atoms with E-state index >= 15 is 0 Å². The van der Waals surface area contributed by atoms with E-state index in [1.165, 1.54) is 23.2 Å². The number of sulfonamides is 1. The molecule has 0 spiro atoms. The van der Waals surface area contributed by atoms with Crippen molar-refractivity contribution in [3.63, 3.8) is 0 Å². The normalized spacial score (nSPS) is 15.5. The fourth-order valence-corrected chi connectivity index (χ4v) is 5.02. The molecule has 0 fully saturated rings. The fourth-order valence-electron chi connectivity index (χ4n) is 3.16. The van der Waals surface area contributed by atoms with E-state index in [2.05, 4.69) is 10.1 Å². The number of amides is 2. The Balaban J connectivity index is 1.86. The van der Waals surface area contributed by atoms with Crippen molar-refractivity contribution in [1.29, 1.82) is 0 Å². The van der Waals surface area contributed by atoms with Crippen LogP contribution in [0.5, 0.6) is 0 Å². The number of urea groups is 1. The first kappa shape index (κ1) is 19.5. The number of fused-ring (bicyclic) bond motifs is 1. The van der Waals surface area contributed by atoms with E-state index in [0.29, 0.717) is 22.7 Å². The molecule has 0 unspecified atom stereocenters. The summed E-state index contributed by atoms with van der Waals surface area (Å²) in [7, 11) is -4.09. The molecule has 1 aliphatic rings. The Morgan fingerprint density at radius 1 is 1.14 bits per heavy atom. The topological polar surface area (TPSA) is 96.6 Å². The molecule has 0 saturated heterocycles. The van der Waals surface area contributed by atoms with E-state index in [4.69, 9.17) is 4.52 Å². The molecule has 2 aromatic heterocycles. The number of pyridine rings is 1. The molecule has 150 valence electrons. The maximum atomic E-state index is 13.4. The van der Waals surface area contributed by atoms with Crippen molar-refractivity contribution in [2.45, 2.75) is 30.2 Å². The smallest absolute Gasteiger partial charge is 0.344 e.